The summed E-state index contributed by atoms with van der Waals surface area (Å²) in [6, 6.07) is 15.8. The van der Waals surface area contributed by atoms with Crippen molar-refractivity contribution in [2.45, 2.75) is 12.8 Å². The van der Waals surface area contributed by atoms with Crippen LogP contribution in [0.2, 0.25) is 5.02 Å². The van der Waals surface area contributed by atoms with E-state index in [9.17, 15) is 4.79 Å². The number of hydrogen-bond acceptors (Lipinski definition) is 4. The van der Waals surface area contributed by atoms with Crippen molar-refractivity contribution in [1.29, 1.82) is 0 Å². The molecule has 1 aliphatic rings. The Morgan fingerprint density at radius 3 is 2.03 bits per heavy atom. The number of thiophene rings is 2. The zero-order valence-corrected chi connectivity index (χ0v) is 18.8. The van der Waals surface area contributed by atoms with Crippen LogP contribution < -0.4 is 0 Å². The summed E-state index contributed by atoms with van der Waals surface area (Å²) < 4.78 is 0. The summed E-state index contributed by atoms with van der Waals surface area (Å²) in [5, 5.41) is 5.38. The average Bonchev–Trinajstić information content (AvgIpc) is 3.45. The third-order valence-electron chi connectivity index (χ3n) is 4.71. The third-order valence-corrected chi connectivity index (χ3v) is 7.28. The second-order valence-corrected chi connectivity index (χ2v) is 9.50. The van der Waals surface area contributed by atoms with Gasteiger partial charge < -0.3 is 4.90 Å². The van der Waals surface area contributed by atoms with Gasteiger partial charge in [-0.25, -0.2) is 0 Å². The SMILES string of the molecule is O=C1/C(=C\c2ccc(Cl)cc2)N(CCc2cccs2)C(=S)N1CCc1cccs1. The van der Waals surface area contributed by atoms with Crippen molar-refractivity contribution in [2.75, 3.05) is 13.1 Å². The molecule has 1 amide bonds. The van der Waals surface area contributed by atoms with Crippen molar-refractivity contribution in [1.82, 2.24) is 9.80 Å². The smallest absolute Gasteiger partial charge is 0.276 e. The van der Waals surface area contributed by atoms with E-state index in [2.05, 4.69) is 22.9 Å². The van der Waals surface area contributed by atoms with Crippen LogP contribution in [0.15, 0.2) is 65.0 Å². The minimum atomic E-state index is -0.0346. The van der Waals surface area contributed by atoms with Gasteiger partial charge in [-0.2, -0.15) is 0 Å². The first-order valence-corrected chi connectivity index (χ1v) is 11.8. The predicted molar refractivity (Wildman–Crippen MR) is 126 cm³/mol. The lowest BCUT2D eigenvalue weighted by molar-refractivity contribution is -0.122. The Balaban J connectivity index is 1.58. The van der Waals surface area contributed by atoms with Gasteiger partial charge in [0.15, 0.2) is 5.11 Å². The fourth-order valence-corrected chi connectivity index (χ4v) is 5.10. The molecule has 1 fully saturated rings. The Kier molecular flexibility index (Phi) is 6.45. The molecule has 0 saturated carbocycles. The summed E-state index contributed by atoms with van der Waals surface area (Å²) in [6.45, 7) is 1.27. The van der Waals surface area contributed by atoms with Crippen molar-refractivity contribution in [3.8, 4) is 0 Å². The van der Waals surface area contributed by atoms with Crippen molar-refractivity contribution in [3.05, 3.63) is 85.3 Å². The van der Waals surface area contributed by atoms with Crippen LogP contribution in [0, 0.1) is 0 Å². The van der Waals surface area contributed by atoms with E-state index in [1.807, 2.05) is 47.4 Å². The molecule has 2 aromatic heterocycles. The topological polar surface area (TPSA) is 23.6 Å². The Morgan fingerprint density at radius 2 is 1.48 bits per heavy atom. The molecule has 0 spiro atoms. The van der Waals surface area contributed by atoms with Crippen LogP contribution in [0.4, 0.5) is 0 Å². The number of thiocarbonyl (C=S) groups is 1. The monoisotopic (exact) mass is 458 g/mol. The van der Waals surface area contributed by atoms with Crippen molar-refractivity contribution >= 4 is 63.6 Å². The van der Waals surface area contributed by atoms with E-state index in [4.69, 9.17) is 23.8 Å². The summed E-state index contributed by atoms with van der Waals surface area (Å²) in [7, 11) is 0. The average molecular weight is 459 g/mol. The van der Waals surface area contributed by atoms with Gasteiger partial charge >= 0.3 is 0 Å². The first-order chi connectivity index (χ1) is 14.1. The van der Waals surface area contributed by atoms with Crippen LogP contribution in [0.5, 0.6) is 0 Å². The highest BCUT2D eigenvalue weighted by Gasteiger charge is 2.37. The summed E-state index contributed by atoms with van der Waals surface area (Å²) in [6.07, 6.45) is 3.56. The van der Waals surface area contributed by atoms with Gasteiger partial charge in [-0.05, 0) is 71.7 Å². The minimum Gasteiger partial charge on any atom is -0.313 e. The zero-order valence-electron chi connectivity index (χ0n) is 15.6. The van der Waals surface area contributed by atoms with E-state index in [1.165, 1.54) is 9.75 Å². The molecule has 0 aliphatic carbocycles. The Bertz CT molecular complexity index is 1010. The van der Waals surface area contributed by atoms with Gasteiger partial charge in [0.05, 0.1) is 0 Å². The first-order valence-electron chi connectivity index (χ1n) is 9.27. The van der Waals surface area contributed by atoms with E-state index in [0.717, 1.165) is 18.4 Å². The van der Waals surface area contributed by atoms with Crippen LogP contribution in [0.1, 0.15) is 15.3 Å². The lowest BCUT2D eigenvalue weighted by Crippen LogP contribution is -2.34. The molecule has 0 radical (unpaired) electrons. The van der Waals surface area contributed by atoms with Gasteiger partial charge in [-0.3, -0.25) is 9.69 Å². The fourth-order valence-electron chi connectivity index (χ4n) is 3.21. The van der Waals surface area contributed by atoms with Gasteiger partial charge in [0, 0.05) is 27.9 Å². The van der Waals surface area contributed by atoms with Crippen molar-refractivity contribution in [2.24, 2.45) is 0 Å². The molecule has 7 heteroatoms. The number of carbonyl (C=O) groups excluding carboxylic acids is 1. The second-order valence-electron chi connectivity index (χ2n) is 6.63. The highest BCUT2D eigenvalue weighted by molar-refractivity contribution is 7.80. The molecule has 29 heavy (non-hydrogen) atoms. The molecule has 3 aromatic rings. The Hall–Kier alpha value is -1.99. The van der Waals surface area contributed by atoms with Crippen LogP contribution in [0.3, 0.4) is 0 Å². The molecule has 0 atom stereocenters. The molecule has 4 rings (SSSR count). The Morgan fingerprint density at radius 1 is 0.897 bits per heavy atom. The van der Waals surface area contributed by atoms with E-state index in [1.54, 1.807) is 27.6 Å². The van der Waals surface area contributed by atoms with E-state index >= 15 is 0 Å². The molecule has 0 N–H and O–H groups in total. The molecule has 1 aliphatic heterocycles. The molecule has 1 saturated heterocycles. The summed E-state index contributed by atoms with van der Waals surface area (Å²) >= 11 is 15.1. The summed E-state index contributed by atoms with van der Waals surface area (Å²) in [4.78, 5) is 19.5. The highest BCUT2D eigenvalue weighted by Crippen LogP contribution is 2.26. The number of rotatable bonds is 7. The molecule has 148 valence electrons. The van der Waals surface area contributed by atoms with Gasteiger partial charge in [0.1, 0.15) is 5.70 Å². The molecule has 3 heterocycles. The van der Waals surface area contributed by atoms with Gasteiger partial charge in [0.25, 0.3) is 5.91 Å². The molecule has 1 aromatic carbocycles. The van der Waals surface area contributed by atoms with Crippen molar-refractivity contribution in [3.63, 3.8) is 0 Å². The lowest BCUT2D eigenvalue weighted by atomic mass is 10.2. The van der Waals surface area contributed by atoms with Crippen LogP contribution in [0.25, 0.3) is 6.08 Å². The second kappa shape index (κ2) is 9.22. The third kappa shape index (κ3) is 4.78. The molecular weight excluding hydrogens is 440 g/mol. The van der Waals surface area contributed by atoms with Crippen LogP contribution in [-0.2, 0) is 17.6 Å². The number of nitrogens with zero attached hydrogens (tertiary/aromatic N) is 2. The zero-order chi connectivity index (χ0) is 20.2. The maximum Gasteiger partial charge on any atom is 0.276 e. The fraction of sp³-hybridized carbons (Fsp3) is 0.182. The summed E-state index contributed by atoms with van der Waals surface area (Å²) in [5.41, 5.74) is 1.56. The van der Waals surface area contributed by atoms with Gasteiger partial charge in [-0.15, -0.1) is 22.7 Å². The van der Waals surface area contributed by atoms with E-state index < -0.39 is 0 Å². The first kappa shape index (κ1) is 20.3. The minimum absolute atomic E-state index is 0.0346. The number of benzene rings is 1. The lowest BCUT2D eigenvalue weighted by Gasteiger charge is -2.20. The van der Waals surface area contributed by atoms with E-state index in [0.29, 0.717) is 28.9 Å². The largest absolute Gasteiger partial charge is 0.313 e. The number of amides is 1. The Labute approximate surface area is 188 Å². The maximum absolute atomic E-state index is 13.2. The van der Waals surface area contributed by atoms with Crippen molar-refractivity contribution < 1.29 is 4.79 Å². The van der Waals surface area contributed by atoms with Gasteiger partial charge in [-0.1, -0.05) is 35.9 Å². The molecule has 3 nitrogen and oxygen atoms in total. The maximum atomic E-state index is 13.2. The molecular formula is C22H19ClN2OS3. The number of hydrogen-bond donors (Lipinski definition) is 0. The summed E-state index contributed by atoms with van der Waals surface area (Å²) in [5.74, 6) is -0.0346. The standard InChI is InChI=1S/C22H19ClN2OS3/c23-17-7-5-16(6-8-17)15-20-21(26)25(12-10-19-4-2-14-29-19)22(27)24(20)11-9-18-3-1-13-28-18/h1-8,13-15H,9-12H2/b20-15+. The van der Waals surface area contributed by atoms with E-state index in [-0.39, 0.29) is 5.91 Å². The van der Waals surface area contributed by atoms with Crippen LogP contribution in [-0.4, -0.2) is 33.9 Å². The highest BCUT2D eigenvalue weighted by atomic mass is 35.5. The van der Waals surface area contributed by atoms with Crippen LogP contribution >= 0.6 is 46.5 Å². The molecule has 0 unspecified atom stereocenters. The number of carbonyl (C=O) groups is 1. The van der Waals surface area contributed by atoms with Gasteiger partial charge in [0.2, 0.25) is 0 Å². The molecule has 0 bridgehead atoms. The predicted octanol–water partition coefficient (Wildman–Crippen LogP) is 5.72. The number of halogens is 1. The normalized spacial score (nSPS) is 15.7. The quantitative estimate of drug-likeness (QED) is 0.334.